The van der Waals surface area contributed by atoms with Gasteiger partial charge in [-0.05, 0) is 0 Å². The minimum atomic E-state index is -2.11. The van der Waals surface area contributed by atoms with Crippen molar-refractivity contribution in [1.82, 2.24) is 0 Å². The van der Waals surface area contributed by atoms with Gasteiger partial charge in [0.25, 0.3) is 0 Å². The van der Waals surface area contributed by atoms with Gasteiger partial charge >= 0.3 is 95.5 Å². The summed E-state index contributed by atoms with van der Waals surface area (Å²) < 4.78 is 13.1. The molecule has 1 nitrogen and oxygen atoms in total. The second-order valence-electron chi connectivity index (χ2n) is 3.55. The van der Waals surface area contributed by atoms with Crippen molar-refractivity contribution in [3.8, 4) is 0 Å². The first kappa shape index (κ1) is 9.30. The number of hydrogen-bond donors (Lipinski definition) is 1. The van der Waals surface area contributed by atoms with E-state index in [2.05, 4.69) is 30.3 Å². The van der Waals surface area contributed by atoms with Crippen molar-refractivity contribution >= 4 is 44.0 Å². The molecule has 0 spiro atoms. The molecular formula is C13H10OTe. The average Bonchev–Trinajstić information content (AvgIpc) is 2.27. The van der Waals surface area contributed by atoms with Gasteiger partial charge in [-0.1, -0.05) is 0 Å². The molecular weight excluding hydrogens is 300 g/mol. The van der Waals surface area contributed by atoms with E-state index in [-0.39, 0.29) is 0 Å². The monoisotopic (exact) mass is 312 g/mol. The first-order valence-electron chi connectivity index (χ1n) is 4.81. The molecule has 2 aromatic carbocycles. The van der Waals surface area contributed by atoms with Crippen molar-refractivity contribution < 1.29 is 3.47 Å². The molecule has 0 saturated heterocycles. The Labute approximate surface area is 95.3 Å². The molecule has 1 aliphatic heterocycles. The van der Waals surface area contributed by atoms with Gasteiger partial charge < -0.3 is 0 Å². The van der Waals surface area contributed by atoms with Crippen molar-refractivity contribution in [2.24, 2.45) is 0 Å². The summed E-state index contributed by atoms with van der Waals surface area (Å²) in [5.41, 5.74) is 1.19. The third-order valence-electron chi connectivity index (χ3n) is 2.59. The Kier molecular flexibility index (Phi) is 2.21. The quantitative estimate of drug-likeness (QED) is 0.730. The summed E-state index contributed by atoms with van der Waals surface area (Å²) in [7, 11) is 0. The molecule has 2 aromatic rings. The zero-order chi connectivity index (χ0) is 10.3. The van der Waals surface area contributed by atoms with Crippen LogP contribution in [0, 0.1) is 0 Å². The fraction of sp³-hybridized carbons (Fsp3) is 0. The van der Waals surface area contributed by atoms with Crippen LogP contribution in [-0.2, 0) is 0 Å². The molecule has 0 atom stereocenters. The Morgan fingerprint density at radius 2 is 1.73 bits per heavy atom. The summed E-state index contributed by atoms with van der Waals surface area (Å²) in [5, 5.41) is 2.47. The van der Waals surface area contributed by atoms with E-state index in [4.69, 9.17) is 0 Å². The van der Waals surface area contributed by atoms with Gasteiger partial charge in [-0.2, -0.15) is 0 Å². The summed E-state index contributed by atoms with van der Waals surface area (Å²) in [6.45, 7) is 0. The van der Waals surface area contributed by atoms with Gasteiger partial charge in [0.05, 0.1) is 0 Å². The average molecular weight is 310 g/mol. The van der Waals surface area contributed by atoms with Crippen molar-refractivity contribution in [2.75, 3.05) is 0 Å². The van der Waals surface area contributed by atoms with Gasteiger partial charge in [0, 0.05) is 0 Å². The van der Waals surface area contributed by atoms with Crippen LogP contribution >= 0.6 is 0 Å². The molecule has 3 rings (SSSR count). The van der Waals surface area contributed by atoms with Crippen LogP contribution in [0.25, 0.3) is 16.8 Å². The summed E-state index contributed by atoms with van der Waals surface area (Å²) in [6, 6.07) is 12.6. The van der Waals surface area contributed by atoms with E-state index in [1.807, 2.05) is 22.3 Å². The molecule has 0 fully saturated rings. The summed E-state index contributed by atoms with van der Waals surface area (Å²) >= 11 is -2.11. The van der Waals surface area contributed by atoms with E-state index in [1.165, 1.54) is 19.9 Å². The van der Waals surface area contributed by atoms with Crippen LogP contribution in [0.4, 0.5) is 0 Å². The first-order chi connectivity index (χ1) is 7.34. The third kappa shape index (κ3) is 1.55. The van der Waals surface area contributed by atoms with Crippen LogP contribution in [0.15, 0.2) is 42.5 Å². The van der Waals surface area contributed by atoms with Crippen LogP contribution < -0.4 is 3.61 Å². The van der Waals surface area contributed by atoms with Gasteiger partial charge in [-0.3, -0.25) is 0 Å². The summed E-state index contributed by atoms with van der Waals surface area (Å²) in [4.78, 5) is 0. The summed E-state index contributed by atoms with van der Waals surface area (Å²) in [6.07, 6.45) is 4.06. The van der Waals surface area contributed by atoms with Crippen molar-refractivity contribution in [3.63, 3.8) is 0 Å². The molecule has 1 N–H and O–H groups in total. The Hall–Kier alpha value is -0.940. The number of hydrogen-bond acceptors (Lipinski definition) is 1. The van der Waals surface area contributed by atoms with Crippen LogP contribution in [0.2, 0.25) is 0 Å². The summed E-state index contributed by atoms with van der Waals surface area (Å²) in [5.74, 6) is 0. The molecule has 0 unspecified atom stereocenters. The second-order valence-corrected chi connectivity index (χ2v) is 7.37. The topological polar surface area (TPSA) is 20.2 Å². The van der Waals surface area contributed by atoms with Crippen LogP contribution in [0.5, 0.6) is 0 Å². The normalized spacial score (nSPS) is 15.0. The molecule has 2 heteroatoms. The van der Waals surface area contributed by atoms with E-state index in [9.17, 15) is 3.47 Å². The maximum absolute atomic E-state index is 9.98. The zero-order valence-electron chi connectivity index (χ0n) is 8.05. The Balaban J connectivity index is 2.39. The molecule has 15 heavy (non-hydrogen) atoms. The molecule has 1 heterocycles. The Morgan fingerprint density at radius 1 is 1.00 bits per heavy atom. The number of fused-ring (bicyclic) bond motifs is 2. The first-order valence-corrected chi connectivity index (χ1v) is 8.36. The van der Waals surface area contributed by atoms with E-state index in [0.717, 1.165) is 0 Å². The van der Waals surface area contributed by atoms with Crippen molar-refractivity contribution in [2.45, 2.75) is 0 Å². The van der Waals surface area contributed by atoms with Gasteiger partial charge in [0.2, 0.25) is 0 Å². The third-order valence-corrected chi connectivity index (χ3v) is 6.07. The van der Waals surface area contributed by atoms with E-state index in [0.29, 0.717) is 0 Å². The van der Waals surface area contributed by atoms with Gasteiger partial charge in [-0.25, -0.2) is 0 Å². The number of allylic oxidation sites excluding steroid dienone is 1. The molecule has 0 saturated carbocycles. The molecule has 0 aromatic heterocycles. The Morgan fingerprint density at radius 3 is 2.53 bits per heavy atom. The zero-order valence-corrected chi connectivity index (χ0v) is 10.4. The van der Waals surface area contributed by atoms with E-state index >= 15 is 0 Å². The SMILES string of the molecule is O[Te]1=CC=Cc2cc3ccccc3cc21. The second kappa shape index (κ2) is 3.57. The standard InChI is InChI=1S/C13H10OTe/c14-15-7-3-6-12-8-10-4-1-2-5-11(10)9-13(12)15/h1-9,14H. The van der Waals surface area contributed by atoms with E-state index < -0.39 is 19.5 Å². The maximum atomic E-state index is 9.98. The molecule has 1 aliphatic rings. The van der Waals surface area contributed by atoms with Gasteiger partial charge in [-0.15, -0.1) is 0 Å². The van der Waals surface area contributed by atoms with Crippen LogP contribution in [0.1, 0.15) is 5.56 Å². The van der Waals surface area contributed by atoms with Gasteiger partial charge in [0.1, 0.15) is 0 Å². The molecule has 0 radical (unpaired) electrons. The number of benzene rings is 2. The Bertz CT molecular complexity index is 597. The van der Waals surface area contributed by atoms with Gasteiger partial charge in [0.15, 0.2) is 0 Å². The fourth-order valence-corrected chi connectivity index (χ4v) is 4.67. The molecule has 74 valence electrons. The fourth-order valence-electron chi connectivity index (χ4n) is 1.84. The molecule has 0 bridgehead atoms. The van der Waals surface area contributed by atoms with Crippen molar-refractivity contribution in [3.05, 3.63) is 48.0 Å². The molecule has 0 amide bonds. The van der Waals surface area contributed by atoms with E-state index in [1.54, 1.807) is 0 Å². The van der Waals surface area contributed by atoms with Crippen LogP contribution in [0.3, 0.4) is 0 Å². The number of rotatable bonds is 0. The predicted octanol–water partition coefficient (Wildman–Crippen LogP) is 1.44. The van der Waals surface area contributed by atoms with Crippen molar-refractivity contribution in [1.29, 1.82) is 0 Å². The van der Waals surface area contributed by atoms with Crippen LogP contribution in [-0.4, -0.2) is 27.0 Å². The predicted molar refractivity (Wildman–Crippen MR) is 66.7 cm³/mol. The molecule has 0 aliphatic carbocycles. The minimum absolute atomic E-state index is 1.17.